The minimum absolute atomic E-state index is 0.248. The standard InChI is InChI=1S/C16H28N2O3/c1-3-8-16(19,9-4-2)12-20-13-6-5-7-14(10-13)21-15(18)11-17/h5-7,10,15,19H,3-4,8-9,11-12,17-18H2,1-2H3/t15-/m0/s1. The van der Waals surface area contributed by atoms with Crippen molar-refractivity contribution < 1.29 is 14.6 Å². The second-order valence-electron chi connectivity index (χ2n) is 5.38. The van der Waals surface area contributed by atoms with Gasteiger partial charge >= 0.3 is 0 Å². The van der Waals surface area contributed by atoms with Crippen LogP contribution in [0, 0.1) is 0 Å². The number of hydrogen-bond acceptors (Lipinski definition) is 5. The summed E-state index contributed by atoms with van der Waals surface area (Å²) in [7, 11) is 0. The zero-order valence-electron chi connectivity index (χ0n) is 13.0. The lowest BCUT2D eigenvalue weighted by Gasteiger charge is -2.27. The first kappa shape index (κ1) is 17.8. The second-order valence-corrected chi connectivity index (χ2v) is 5.38. The Bertz CT molecular complexity index is 406. The van der Waals surface area contributed by atoms with Gasteiger partial charge in [-0.15, -0.1) is 0 Å². The smallest absolute Gasteiger partial charge is 0.160 e. The van der Waals surface area contributed by atoms with Crippen molar-refractivity contribution in [3.05, 3.63) is 24.3 Å². The quantitative estimate of drug-likeness (QED) is 0.575. The Labute approximate surface area is 127 Å². The molecule has 0 radical (unpaired) electrons. The largest absolute Gasteiger partial charge is 0.490 e. The molecule has 0 unspecified atom stereocenters. The molecule has 5 heteroatoms. The highest BCUT2D eigenvalue weighted by Crippen LogP contribution is 2.24. The third kappa shape index (κ3) is 6.33. The van der Waals surface area contributed by atoms with Gasteiger partial charge in [-0.2, -0.15) is 0 Å². The molecule has 5 N–H and O–H groups in total. The Balaban J connectivity index is 2.63. The zero-order chi connectivity index (χ0) is 15.7. The van der Waals surface area contributed by atoms with Crippen molar-refractivity contribution in [3.63, 3.8) is 0 Å². The fourth-order valence-corrected chi connectivity index (χ4v) is 2.28. The van der Waals surface area contributed by atoms with Gasteiger partial charge in [0.1, 0.15) is 18.1 Å². The summed E-state index contributed by atoms with van der Waals surface area (Å²) in [5, 5.41) is 10.5. The van der Waals surface area contributed by atoms with Gasteiger partial charge < -0.3 is 20.3 Å². The Morgan fingerprint density at radius 2 is 1.81 bits per heavy atom. The van der Waals surface area contributed by atoms with Crippen molar-refractivity contribution >= 4 is 0 Å². The molecule has 0 heterocycles. The average molecular weight is 296 g/mol. The van der Waals surface area contributed by atoms with E-state index in [9.17, 15) is 5.11 Å². The van der Waals surface area contributed by atoms with E-state index in [0.29, 0.717) is 11.5 Å². The van der Waals surface area contributed by atoms with Crippen LogP contribution in [0.3, 0.4) is 0 Å². The third-order valence-corrected chi connectivity index (χ3v) is 3.26. The van der Waals surface area contributed by atoms with Gasteiger partial charge in [-0.05, 0) is 25.0 Å². The summed E-state index contributed by atoms with van der Waals surface area (Å²) in [6.07, 6.45) is 2.78. The van der Waals surface area contributed by atoms with Gasteiger partial charge in [0.15, 0.2) is 6.23 Å². The molecule has 0 saturated heterocycles. The van der Waals surface area contributed by atoms with Gasteiger partial charge in [-0.1, -0.05) is 32.8 Å². The van der Waals surface area contributed by atoms with Crippen LogP contribution in [0.2, 0.25) is 0 Å². The van der Waals surface area contributed by atoms with E-state index in [0.717, 1.165) is 25.7 Å². The molecule has 0 aromatic heterocycles. The molecule has 1 aromatic rings. The molecule has 21 heavy (non-hydrogen) atoms. The normalized spacial score (nSPS) is 13.0. The number of aliphatic hydroxyl groups is 1. The van der Waals surface area contributed by atoms with Crippen molar-refractivity contribution in [1.82, 2.24) is 0 Å². The van der Waals surface area contributed by atoms with Crippen molar-refractivity contribution in [2.24, 2.45) is 11.5 Å². The topological polar surface area (TPSA) is 90.7 Å². The maximum atomic E-state index is 10.5. The lowest BCUT2D eigenvalue weighted by atomic mass is 9.94. The van der Waals surface area contributed by atoms with E-state index in [4.69, 9.17) is 20.9 Å². The van der Waals surface area contributed by atoms with Crippen molar-refractivity contribution in [3.8, 4) is 11.5 Å². The van der Waals surface area contributed by atoms with Crippen LogP contribution in [0.5, 0.6) is 11.5 Å². The van der Waals surface area contributed by atoms with Crippen molar-refractivity contribution in [1.29, 1.82) is 0 Å². The first-order chi connectivity index (χ1) is 10.0. The summed E-state index contributed by atoms with van der Waals surface area (Å²) >= 11 is 0. The van der Waals surface area contributed by atoms with Gasteiger partial charge in [-0.25, -0.2) is 0 Å². The van der Waals surface area contributed by atoms with Crippen molar-refractivity contribution in [2.75, 3.05) is 13.2 Å². The molecule has 0 fully saturated rings. The SMILES string of the molecule is CCCC(O)(CCC)COc1cccc(O[C@H](N)CN)c1. The predicted molar refractivity (Wildman–Crippen MR) is 84.4 cm³/mol. The van der Waals surface area contributed by atoms with E-state index < -0.39 is 11.8 Å². The number of benzene rings is 1. The van der Waals surface area contributed by atoms with Gasteiger partial charge in [-0.3, -0.25) is 5.73 Å². The first-order valence-corrected chi connectivity index (χ1v) is 7.60. The lowest BCUT2D eigenvalue weighted by molar-refractivity contribution is -0.0203. The molecule has 1 aromatic carbocycles. The molecule has 1 rings (SSSR count). The molecular weight excluding hydrogens is 268 g/mol. The number of nitrogens with two attached hydrogens (primary N) is 2. The van der Waals surface area contributed by atoms with Crippen LogP contribution < -0.4 is 20.9 Å². The fourth-order valence-electron chi connectivity index (χ4n) is 2.28. The summed E-state index contributed by atoms with van der Waals surface area (Å²) < 4.78 is 11.2. The van der Waals surface area contributed by atoms with Gasteiger partial charge in [0, 0.05) is 12.6 Å². The Kier molecular flexibility index (Phi) is 7.50. The van der Waals surface area contributed by atoms with Crippen LogP contribution in [-0.4, -0.2) is 30.1 Å². The van der Waals surface area contributed by atoms with Gasteiger partial charge in [0.05, 0.1) is 5.60 Å². The molecule has 0 saturated carbocycles. The lowest BCUT2D eigenvalue weighted by Crippen LogP contribution is -2.36. The minimum atomic E-state index is -0.770. The van der Waals surface area contributed by atoms with E-state index in [1.807, 2.05) is 12.1 Å². The van der Waals surface area contributed by atoms with Crippen LogP contribution in [0.1, 0.15) is 39.5 Å². The fraction of sp³-hybridized carbons (Fsp3) is 0.625. The van der Waals surface area contributed by atoms with E-state index in [1.165, 1.54) is 0 Å². The third-order valence-electron chi connectivity index (χ3n) is 3.26. The molecular formula is C16H28N2O3. The highest BCUT2D eigenvalue weighted by atomic mass is 16.5. The molecule has 0 spiro atoms. The van der Waals surface area contributed by atoms with E-state index >= 15 is 0 Å². The summed E-state index contributed by atoms with van der Waals surface area (Å²) in [5.74, 6) is 1.27. The van der Waals surface area contributed by atoms with Crippen LogP contribution in [0.15, 0.2) is 24.3 Å². The van der Waals surface area contributed by atoms with Crippen LogP contribution in [0.25, 0.3) is 0 Å². The maximum Gasteiger partial charge on any atom is 0.160 e. The predicted octanol–water partition coefficient (Wildman–Crippen LogP) is 2.02. The highest BCUT2D eigenvalue weighted by molar-refractivity contribution is 5.33. The highest BCUT2D eigenvalue weighted by Gasteiger charge is 2.25. The van der Waals surface area contributed by atoms with E-state index in [1.54, 1.807) is 12.1 Å². The summed E-state index contributed by atoms with van der Waals surface area (Å²) in [6, 6.07) is 7.21. The molecule has 0 aliphatic carbocycles. The van der Waals surface area contributed by atoms with E-state index in [2.05, 4.69) is 13.8 Å². The summed E-state index contributed by atoms with van der Waals surface area (Å²) in [4.78, 5) is 0. The average Bonchev–Trinajstić information content (AvgIpc) is 2.46. The molecule has 0 aliphatic heterocycles. The molecule has 120 valence electrons. The number of hydrogen-bond donors (Lipinski definition) is 3. The Morgan fingerprint density at radius 1 is 1.19 bits per heavy atom. The second kappa shape index (κ2) is 8.87. The zero-order valence-corrected chi connectivity index (χ0v) is 13.0. The minimum Gasteiger partial charge on any atom is -0.490 e. The summed E-state index contributed by atoms with van der Waals surface area (Å²) in [6.45, 7) is 4.64. The number of ether oxygens (including phenoxy) is 2. The van der Waals surface area contributed by atoms with Crippen LogP contribution in [-0.2, 0) is 0 Å². The Morgan fingerprint density at radius 3 is 2.38 bits per heavy atom. The van der Waals surface area contributed by atoms with Gasteiger partial charge in [0.2, 0.25) is 0 Å². The number of rotatable bonds is 10. The molecule has 5 nitrogen and oxygen atoms in total. The summed E-state index contributed by atoms with van der Waals surface area (Å²) in [5.41, 5.74) is 10.3. The molecule has 0 aliphatic rings. The molecule has 1 atom stereocenters. The van der Waals surface area contributed by atoms with Crippen LogP contribution in [0.4, 0.5) is 0 Å². The van der Waals surface area contributed by atoms with E-state index in [-0.39, 0.29) is 13.2 Å². The molecule has 0 amide bonds. The van der Waals surface area contributed by atoms with Crippen LogP contribution >= 0.6 is 0 Å². The monoisotopic (exact) mass is 296 g/mol. The van der Waals surface area contributed by atoms with Gasteiger partial charge in [0.25, 0.3) is 0 Å². The first-order valence-electron chi connectivity index (χ1n) is 7.60. The van der Waals surface area contributed by atoms with Crippen molar-refractivity contribution in [2.45, 2.75) is 51.4 Å². The molecule has 0 bridgehead atoms. The maximum absolute atomic E-state index is 10.5. The Hall–Kier alpha value is -1.30.